The summed E-state index contributed by atoms with van der Waals surface area (Å²) in [6.07, 6.45) is 2.14. The molecule has 0 heterocycles. The van der Waals surface area contributed by atoms with E-state index < -0.39 is 0 Å². The molecule has 3 nitrogen and oxygen atoms in total. The fraction of sp³-hybridized carbons (Fsp3) is 0.625. The molecule has 0 aromatic rings. The van der Waals surface area contributed by atoms with Crippen molar-refractivity contribution < 1.29 is 0 Å². The second-order valence-electron chi connectivity index (χ2n) is 2.24. The summed E-state index contributed by atoms with van der Waals surface area (Å²) < 4.78 is 0. The van der Waals surface area contributed by atoms with E-state index in [-0.39, 0.29) is 12.3 Å². The van der Waals surface area contributed by atoms with Crippen LogP contribution >= 0.6 is 0 Å². The molecule has 0 aliphatic heterocycles. The average Bonchev–Trinajstić information content (AvgIpc) is 2.03. The monoisotopic (exact) mass is 147 g/mol. The van der Waals surface area contributed by atoms with Crippen LogP contribution in [0.4, 0.5) is 0 Å². The summed E-state index contributed by atoms with van der Waals surface area (Å²) in [5.74, 6) is -0.187. The molecule has 56 valence electrons. The normalized spacial score (nSPS) is 10.6. The van der Waals surface area contributed by atoms with Gasteiger partial charge < -0.3 is 0 Å². The zero-order valence-corrected chi connectivity index (χ0v) is 6.25. The Morgan fingerprint density at radius 3 is 2.27 bits per heavy atom. The van der Waals surface area contributed by atoms with Crippen molar-refractivity contribution in [2.24, 2.45) is 5.92 Å². The first-order valence-corrected chi connectivity index (χ1v) is 3.48. The van der Waals surface area contributed by atoms with Crippen LogP contribution in [0.25, 0.3) is 0 Å². The van der Waals surface area contributed by atoms with Crippen molar-refractivity contribution in [2.75, 3.05) is 0 Å². The molecular weight excluding hydrogens is 138 g/mol. The molecule has 0 bridgehead atoms. The largest absolute Gasteiger partial charge is 0.198 e. The molecule has 0 saturated heterocycles. The van der Waals surface area contributed by atoms with E-state index in [1.807, 2.05) is 18.2 Å². The van der Waals surface area contributed by atoms with Crippen molar-refractivity contribution in [3.63, 3.8) is 0 Å². The summed E-state index contributed by atoms with van der Waals surface area (Å²) in [5.41, 5.74) is 0. The zero-order valence-electron chi connectivity index (χ0n) is 6.25. The summed E-state index contributed by atoms with van der Waals surface area (Å²) >= 11 is 0. The maximum Gasteiger partial charge on any atom is 0.0666 e. The van der Waals surface area contributed by atoms with E-state index in [0.29, 0.717) is 12.8 Å². The highest BCUT2D eigenvalue weighted by Crippen LogP contribution is 2.10. The Morgan fingerprint density at radius 1 is 1.09 bits per heavy atom. The molecule has 0 fully saturated rings. The summed E-state index contributed by atoms with van der Waals surface area (Å²) in [4.78, 5) is 0. The Bertz CT molecular complexity index is 213. The van der Waals surface area contributed by atoms with E-state index in [0.717, 1.165) is 6.42 Å². The molecule has 0 aromatic carbocycles. The van der Waals surface area contributed by atoms with Gasteiger partial charge in [0.15, 0.2) is 0 Å². The maximum absolute atomic E-state index is 8.47. The molecular formula is C8H9N3. The van der Waals surface area contributed by atoms with Gasteiger partial charge >= 0.3 is 0 Å². The smallest absolute Gasteiger partial charge is 0.0666 e. The molecule has 0 N–H and O–H groups in total. The molecule has 0 amide bonds. The first-order chi connectivity index (χ1) is 5.35. The second-order valence-corrected chi connectivity index (χ2v) is 2.24. The second kappa shape index (κ2) is 6.59. The van der Waals surface area contributed by atoms with E-state index >= 15 is 0 Å². The van der Waals surface area contributed by atoms with Crippen molar-refractivity contribution >= 4 is 0 Å². The van der Waals surface area contributed by atoms with Gasteiger partial charge in [0, 0.05) is 6.42 Å². The Labute approximate surface area is 66.5 Å². The number of nitriles is 3. The number of unbranched alkanes of at least 4 members (excludes halogenated alkanes) is 1. The Morgan fingerprint density at radius 2 is 1.82 bits per heavy atom. The highest BCUT2D eigenvalue weighted by atomic mass is 14.3. The van der Waals surface area contributed by atoms with Gasteiger partial charge in [0.1, 0.15) is 0 Å². The van der Waals surface area contributed by atoms with Crippen LogP contribution in [0.5, 0.6) is 0 Å². The molecule has 1 atom stereocenters. The van der Waals surface area contributed by atoms with Gasteiger partial charge in [0.2, 0.25) is 0 Å². The van der Waals surface area contributed by atoms with Crippen LogP contribution in [-0.4, -0.2) is 0 Å². The lowest BCUT2D eigenvalue weighted by molar-refractivity contribution is 0.589. The first kappa shape index (κ1) is 9.47. The van der Waals surface area contributed by atoms with Crippen molar-refractivity contribution in [3.05, 3.63) is 0 Å². The summed E-state index contributed by atoms with van der Waals surface area (Å²) in [6, 6.07) is 5.97. The topological polar surface area (TPSA) is 71.4 Å². The van der Waals surface area contributed by atoms with Crippen LogP contribution in [0.1, 0.15) is 25.7 Å². The third-order valence-electron chi connectivity index (χ3n) is 1.36. The van der Waals surface area contributed by atoms with Crippen molar-refractivity contribution in [3.8, 4) is 18.2 Å². The SMILES string of the molecule is N#CCCCC(C#N)CC#N. The first-order valence-electron chi connectivity index (χ1n) is 3.48. The van der Waals surface area contributed by atoms with Crippen molar-refractivity contribution in [1.82, 2.24) is 0 Å². The Hall–Kier alpha value is -1.53. The van der Waals surface area contributed by atoms with Crippen LogP contribution in [0.2, 0.25) is 0 Å². The van der Waals surface area contributed by atoms with Crippen LogP contribution in [0, 0.1) is 39.9 Å². The number of hydrogen-bond donors (Lipinski definition) is 0. The van der Waals surface area contributed by atoms with Crippen LogP contribution in [-0.2, 0) is 0 Å². The highest BCUT2D eigenvalue weighted by molar-refractivity contribution is 4.90. The average molecular weight is 147 g/mol. The van der Waals surface area contributed by atoms with E-state index in [2.05, 4.69) is 0 Å². The summed E-state index contributed by atoms with van der Waals surface area (Å²) in [5, 5.41) is 24.9. The molecule has 0 aliphatic rings. The molecule has 1 unspecified atom stereocenters. The minimum absolute atomic E-state index is 0.187. The zero-order chi connectivity index (χ0) is 8.53. The molecule has 0 aromatic heterocycles. The fourth-order valence-electron chi connectivity index (χ4n) is 0.750. The predicted molar refractivity (Wildman–Crippen MR) is 38.8 cm³/mol. The third-order valence-corrected chi connectivity index (χ3v) is 1.36. The maximum atomic E-state index is 8.47. The van der Waals surface area contributed by atoms with Gasteiger partial charge in [-0.2, -0.15) is 15.8 Å². The predicted octanol–water partition coefficient (Wildman–Crippen LogP) is 1.73. The summed E-state index contributed by atoms with van der Waals surface area (Å²) in [7, 11) is 0. The van der Waals surface area contributed by atoms with Crippen LogP contribution in [0.3, 0.4) is 0 Å². The molecule has 0 aliphatic carbocycles. The van der Waals surface area contributed by atoms with Crippen LogP contribution < -0.4 is 0 Å². The highest BCUT2D eigenvalue weighted by Gasteiger charge is 2.04. The lowest BCUT2D eigenvalue weighted by atomic mass is 10.0. The number of nitrogens with zero attached hydrogens (tertiary/aromatic N) is 3. The van der Waals surface area contributed by atoms with Gasteiger partial charge in [-0.1, -0.05) is 0 Å². The van der Waals surface area contributed by atoms with Gasteiger partial charge in [0.25, 0.3) is 0 Å². The number of hydrogen-bond acceptors (Lipinski definition) is 3. The molecule has 0 radical (unpaired) electrons. The molecule has 3 heteroatoms. The van der Waals surface area contributed by atoms with Crippen molar-refractivity contribution in [2.45, 2.75) is 25.7 Å². The Balaban J connectivity index is 3.50. The lowest BCUT2D eigenvalue weighted by Gasteiger charge is -1.99. The molecule has 0 rings (SSSR count). The molecule has 0 saturated carbocycles. The minimum Gasteiger partial charge on any atom is -0.198 e. The summed E-state index contributed by atoms with van der Waals surface area (Å²) in [6.45, 7) is 0. The quantitative estimate of drug-likeness (QED) is 0.568. The molecule has 0 spiro atoms. The van der Waals surface area contributed by atoms with Gasteiger partial charge in [0.05, 0.1) is 30.5 Å². The van der Waals surface area contributed by atoms with Crippen molar-refractivity contribution in [1.29, 1.82) is 15.8 Å². The standard InChI is InChI=1S/C8H9N3/c9-5-2-1-3-8(7-11)4-6-10/h8H,1-4H2. The minimum atomic E-state index is -0.187. The van der Waals surface area contributed by atoms with Gasteiger partial charge in [-0.25, -0.2) is 0 Å². The van der Waals surface area contributed by atoms with Crippen LogP contribution in [0.15, 0.2) is 0 Å². The van der Waals surface area contributed by atoms with E-state index in [1.54, 1.807) is 0 Å². The van der Waals surface area contributed by atoms with Gasteiger partial charge in [-0.05, 0) is 12.8 Å². The lowest BCUT2D eigenvalue weighted by Crippen LogP contribution is -1.94. The van der Waals surface area contributed by atoms with E-state index in [1.165, 1.54) is 0 Å². The Kier molecular flexibility index (Phi) is 5.67. The fourth-order valence-corrected chi connectivity index (χ4v) is 0.750. The van der Waals surface area contributed by atoms with Gasteiger partial charge in [-0.3, -0.25) is 0 Å². The molecule has 11 heavy (non-hydrogen) atoms. The van der Waals surface area contributed by atoms with Gasteiger partial charge in [-0.15, -0.1) is 0 Å². The van der Waals surface area contributed by atoms with E-state index in [9.17, 15) is 0 Å². The number of rotatable bonds is 4. The third kappa shape index (κ3) is 4.94. The van der Waals surface area contributed by atoms with E-state index in [4.69, 9.17) is 15.8 Å².